The molecule has 0 unspecified atom stereocenters. The number of unbranched alkanes of at least 4 members (excludes halogenated alkanes) is 2. The van der Waals surface area contributed by atoms with Crippen molar-refractivity contribution in [2.24, 2.45) is 0 Å². The molecular formula is C12H26N2O3S. The van der Waals surface area contributed by atoms with Crippen LogP contribution in [0.1, 0.15) is 32.1 Å². The molecule has 0 atom stereocenters. The molecule has 1 rings (SSSR count). The van der Waals surface area contributed by atoms with E-state index in [9.17, 15) is 8.42 Å². The van der Waals surface area contributed by atoms with Gasteiger partial charge in [0.15, 0.2) is 0 Å². The van der Waals surface area contributed by atoms with Crippen LogP contribution in [0.2, 0.25) is 0 Å². The maximum atomic E-state index is 11.4. The number of aliphatic hydroxyl groups excluding tert-OH is 1. The second-order valence-electron chi connectivity index (χ2n) is 5.16. The Kier molecular flexibility index (Phi) is 6.55. The molecular weight excluding hydrogens is 252 g/mol. The fraction of sp³-hybridized carbons (Fsp3) is 1.00. The Hall–Kier alpha value is -0.170. The molecule has 0 saturated carbocycles. The van der Waals surface area contributed by atoms with Gasteiger partial charge in [0.2, 0.25) is 10.0 Å². The smallest absolute Gasteiger partial charge is 0.211 e. The number of sulfonamides is 1. The van der Waals surface area contributed by atoms with Gasteiger partial charge in [-0.1, -0.05) is 0 Å². The molecule has 0 aliphatic carbocycles. The van der Waals surface area contributed by atoms with Gasteiger partial charge in [-0.05, 0) is 45.7 Å². The maximum Gasteiger partial charge on any atom is 0.211 e. The van der Waals surface area contributed by atoms with Crippen LogP contribution in [0.25, 0.3) is 0 Å². The van der Waals surface area contributed by atoms with Crippen LogP contribution >= 0.6 is 0 Å². The van der Waals surface area contributed by atoms with Gasteiger partial charge in [-0.3, -0.25) is 0 Å². The lowest BCUT2D eigenvalue weighted by atomic mass is 10.0. The first-order valence-corrected chi connectivity index (χ1v) is 8.56. The van der Waals surface area contributed by atoms with Crippen LogP contribution in [0.5, 0.6) is 0 Å². The Morgan fingerprint density at radius 2 is 1.83 bits per heavy atom. The van der Waals surface area contributed by atoms with Gasteiger partial charge in [0.05, 0.1) is 6.26 Å². The molecule has 1 aliphatic rings. The summed E-state index contributed by atoms with van der Waals surface area (Å²) in [4.78, 5) is 2.33. The standard InChI is InChI=1S/C12H26N2O3S/c1-13(8-4-3-5-11-15)12-6-9-14(10-7-12)18(2,16)17/h12,15H,3-11H2,1-2H3. The summed E-state index contributed by atoms with van der Waals surface area (Å²) in [7, 11) is -0.901. The van der Waals surface area contributed by atoms with E-state index in [1.165, 1.54) is 6.26 Å². The SMILES string of the molecule is CN(CCCCCO)C1CCN(S(C)(=O)=O)CC1. The highest BCUT2D eigenvalue weighted by Crippen LogP contribution is 2.17. The first-order valence-electron chi connectivity index (χ1n) is 6.71. The zero-order valence-electron chi connectivity index (χ0n) is 11.5. The second kappa shape index (κ2) is 7.43. The van der Waals surface area contributed by atoms with E-state index < -0.39 is 10.0 Å². The van der Waals surface area contributed by atoms with E-state index in [1.54, 1.807) is 4.31 Å². The van der Waals surface area contributed by atoms with Crippen molar-refractivity contribution < 1.29 is 13.5 Å². The number of rotatable bonds is 7. The average Bonchev–Trinajstić information content (AvgIpc) is 2.33. The van der Waals surface area contributed by atoms with Crippen molar-refractivity contribution in [3.05, 3.63) is 0 Å². The third-order valence-electron chi connectivity index (χ3n) is 3.68. The van der Waals surface area contributed by atoms with E-state index >= 15 is 0 Å². The van der Waals surface area contributed by atoms with Crippen LogP contribution in [0, 0.1) is 0 Å². The molecule has 0 aromatic heterocycles. The van der Waals surface area contributed by atoms with Crippen molar-refractivity contribution in [2.75, 3.05) is 39.5 Å². The Morgan fingerprint density at radius 3 is 2.33 bits per heavy atom. The Bertz CT molecular complexity index is 324. The average molecular weight is 278 g/mol. The fourth-order valence-corrected chi connectivity index (χ4v) is 3.32. The molecule has 5 nitrogen and oxygen atoms in total. The normalized spacial score (nSPS) is 19.6. The summed E-state index contributed by atoms with van der Waals surface area (Å²) in [6.45, 7) is 2.59. The minimum absolute atomic E-state index is 0.274. The summed E-state index contributed by atoms with van der Waals surface area (Å²) < 4.78 is 24.4. The molecule has 1 saturated heterocycles. The van der Waals surface area contributed by atoms with E-state index in [4.69, 9.17) is 5.11 Å². The minimum Gasteiger partial charge on any atom is -0.396 e. The zero-order valence-corrected chi connectivity index (χ0v) is 12.3. The molecule has 18 heavy (non-hydrogen) atoms. The van der Waals surface area contributed by atoms with Crippen molar-refractivity contribution >= 4 is 10.0 Å². The van der Waals surface area contributed by atoms with Crippen LogP contribution in [0.15, 0.2) is 0 Å². The molecule has 1 fully saturated rings. The largest absolute Gasteiger partial charge is 0.396 e. The molecule has 6 heteroatoms. The first kappa shape index (κ1) is 15.9. The Balaban J connectivity index is 2.25. The van der Waals surface area contributed by atoms with Crippen molar-refractivity contribution in [1.29, 1.82) is 0 Å². The molecule has 1 heterocycles. The van der Waals surface area contributed by atoms with Crippen LogP contribution in [0.4, 0.5) is 0 Å². The number of aliphatic hydroxyl groups is 1. The van der Waals surface area contributed by atoms with Gasteiger partial charge in [0.1, 0.15) is 0 Å². The van der Waals surface area contributed by atoms with E-state index in [0.29, 0.717) is 19.1 Å². The third-order valence-corrected chi connectivity index (χ3v) is 4.99. The van der Waals surface area contributed by atoms with E-state index in [2.05, 4.69) is 11.9 Å². The zero-order chi connectivity index (χ0) is 13.6. The fourth-order valence-electron chi connectivity index (χ4n) is 2.45. The summed E-state index contributed by atoms with van der Waals surface area (Å²) in [5, 5.41) is 8.71. The molecule has 1 N–H and O–H groups in total. The number of nitrogens with zero attached hydrogens (tertiary/aromatic N) is 2. The molecule has 0 spiro atoms. The summed E-state index contributed by atoms with van der Waals surface area (Å²) >= 11 is 0. The van der Waals surface area contributed by atoms with Gasteiger partial charge in [-0.2, -0.15) is 0 Å². The molecule has 108 valence electrons. The van der Waals surface area contributed by atoms with E-state index in [0.717, 1.165) is 38.6 Å². The lowest BCUT2D eigenvalue weighted by molar-refractivity contribution is 0.165. The van der Waals surface area contributed by atoms with Crippen LogP contribution < -0.4 is 0 Å². The Labute approximate surface area is 111 Å². The molecule has 0 aromatic carbocycles. The van der Waals surface area contributed by atoms with Gasteiger partial charge in [0, 0.05) is 25.7 Å². The molecule has 0 amide bonds. The van der Waals surface area contributed by atoms with Gasteiger partial charge in [-0.15, -0.1) is 0 Å². The van der Waals surface area contributed by atoms with Gasteiger partial charge < -0.3 is 10.0 Å². The predicted octanol–water partition coefficient (Wildman–Crippen LogP) is 0.505. The summed E-state index contributed by atoms with van der Waals surface area (Å²) in [6, 6.07) is 0.497. The summed E-state index contributed by atoms with van der Waals surface area (Å²) in [6.07, 6.45) is 6.16. The molecule has 0 bridgehead atoms. The number of hydrogen-bond donors (Lipinski definition) is 1. The monoisotopic (exact) mass is 278 g/mol. The van der Waals surface area contributed by atoms with Crippen LogP contribution in [-0.2, 0) is 10.0 Å². The number of hydrogen-bond acceptors (Lipinski definition) is 4. The van der Waals surface area contributed by atoms with E-state index in [-0.39, 0.29) is 6.61 Å². The van der Waals surface area contributed by atoms with E-state index in [1.807, 2.05) is 0 Å². The minimum atomic E-state index is -3.01. The summed E-state index contributed by atoms with van der Waals surface area (Å²) in [5.41, 5.74) is 0. The highest BCUT2D eigenvalue weighted by molar-refractivity contribution is 7.88. The van der Waals surface area contributed by atoms with Crippen LogP contribution in [-0.4, -0.2) is 68.3 Å². The first-order chi connectivity index (χ1) is 8.45. The van der Waals surface area contributed by atoms with Crippen molar-refractivity contribution in [2.45, 2.75) is 38.1 Å². The second-order valence-corrected chi connectivity index (χ2v) is 7.14. The highest BCUT2D eigenvalue weighted by Gasteiger charge is 2.26. The van der Waals surface area contributed by atoms with Crippen molar-refractivity contribution in [1.82, 2.24) is 9.21 Å². The van der Waals surface area contributed by atoms with Crippen LogP contribution in [0.3, 0.4) is 0 Å². The predicted molar refractivity (Wildman–Crippen MR) is 73.0 cm³/mol. The van der Waals surface area contributed by atoms with Gasteiger partial charge >= 0.3 is 0 Å². The van der Waals surface area contributed by atoms with Crippen molar-refractivity contribution in [3.8, 4) is 0 Å². The lowest BCUT2D eigenvalue weighted by Crippen LogP contribution is -2.45. The quantitative estimate of drug-likeness (QED) is 0.689. The third kappa shape index (κ3) is 5.22. The van der Waals surface area contributed by atoms with Crippen molar-refractivity contribution in [3.63, 3.8) is 0 Å². The topological polar surface area (TPSA) is 60.9 Å². The Morgan fingerprint density at radius 1 is 1.22 bits per heavy atom. The molecule has 0 radical (unpaired) electrons. The molecule has 1 aliphatic heterocycles. The molecule has 0 aromatic rings. The lowest BCUT2D eigenvalue weighted by Gasteiger charge is -2.35. The highest BCUT2D eigenvalue weighted by atomic mass is 32.2. The summed E-state index contributed by atoms with van der Waals surface area (Å²) in [5.74, 6) is 0. The maximum absolute atomic E-state index is 11.4. The van der Waals surface area contributed by atoms with Gasteiger partial charge in [-0.25, -0.2) is 12.7 Å². The van der Waals surface area contributed by atoms with Gasteiger partial charge in [0.25, 0.3) is 0 Å². The number of piperidine rings is 1.